The molecule has 1 saturated heterocycles. The molecule has 2 amide bonds. The molecule has 1 fully saturated rings. The molecule has 7 heteroatoms. The van der Waals surface area contributed by atoms with Crippen LogP contribution in [0.15, 0.2) is 24.3 Å². The van der Waals surface area contributed by atoms with E-state index >= 15 is 0 Å². The monoisotopic (exact) mass is 327 g/mol. The minimum absolute atomic E-state index is 0.214. The Balaban J connectivity index is 1.83. The van der Waals surface area contributed by atoms with Gasteiger partial charge in [0.2, 0.25) is 0 Å². The molecule has 1 aliphatic heterocycles. The van der Waals surface area contributed by atoms with Crippen molar-refractivity contribution in [3.8, 4) is 5.75 Å². The van der Waals surface area contributed by atoms with Gasteiger partial charge in [-0.05, 0) is 18.6 Å². The highest BCUT2D eigenvalue weighted by Gasteiger charge is 2.22. The topological polar surface area (TPSA) is 44.8 Å². The maximum Gasteiger partial charge on any atom is 0.321 e. The fraction of sp³-hybridized carbons (Fsp3) is 0.562. The van der Waals surface area contributed by atoms with Crippen LogP contribution in [0.5, 0.6) is 5.75 Å². The van der Waals surface area contributed by atoms with Crippen LogP contribution in [0.2, 0.25) is 0 Å². The lowest BCUT2D eigenvalue weighted by Gasteiger charge is -2.34. The molecule has 1 heterocycles. The van der Waals surface area contributed by atoms with Crippen molar-refractivity contribution < 1.29 is 18.3 Å². The number of amides is 2. The van der Waals surface area contributed by atoms with Gasteiger partial charge in [-0.1, -0.05) is 13.0 Å². The van der Waals surface area contributed by atoms with E-state index in [9.17, 15) is 13.6 Å². The molecule has 0 aromatic heterocycles. The molecule has 0 bridgehead atoms. The third-order valence-electron chi connectivity index (χ3n) is 3.61. The van der Waals surface area contributed by atoms with Crippen LogP contribution in [0.1, 0.15) is 13.3 Å². The van der Waals surface area contributed by atoms with E-state index in [-0.39, 0.29) is 12.6 Å². The molecule has 0 spiro atoms. The second-order valence-corrected chi connectivity index (χ2v) is 5.49. The Labute approximate surface area is 135 Å². The first-order valence-electron chi connectivity index (χ1n) is 7.87. The fourth-order valence-corrected chi connectivity index (χ4v) is 2.41. The molecule has 23 heavy (non-hydrogen) atoms. The van der Waals surface area contributed by atoms with Gasteiger partial charge in [0.05, 0.1) is 13.2 Å². The largest absolute Gasteiger partial charge is 0.494 e. The first-order valence-corrected chi connectivity index (χ1v) is 7.87. The number of benzene rings is 1. The van der Waals surface area contributed by atoms with Crippen molar-refractivity contribution >= 4 is 11.7 Å². The van der Waals surface area contributed by atoms with E-state index in [4.69, 9.17) is 4.74 Å². The number of carbonyl (C=O) groups is 1. The molecule has 1 aromatic rings. The standard InChI is InChI=1S/C16H23F2N3O2/c1-2-10-23-14-5-3-4-13(11-14)19-16(22)21-8-6-20(7-9-21)12-15(17)18/h3-5,11,15H,2,6-10,12H2,1H3,(H,19,22). The number of anilines is 1. The molecule has 2 rings (SSSR count). The number of carbonyl (C=O) groups excluding carboxylic acids is 1. The normalized spacial score (nSPS) is 15.7. The first-order chi connectivity index (χ1) is 11.1. The van der Waals surface area contributed by atoms with Crippen molar-refractivity contribution in [2.24, 2.45) is 0 Å². The molecule has 1 N–H and O–H groups in total. The summed E-state index contributed by atoms with van der Waals surface area (Å²) >= 11 is 0. The fourth-order valence-electron chi connectivity index (χ4n) is 2.41. The van der Waals surface area contributed by atoms with Crippen LogP contribution in [-0.4, -0.2) is 61.6 Å². The summed E-state index contributed by atoms with van der Waals surface area (Å²) in [6.07, 6.45) is -1.42. The molecule has 0 unspecified atom stereocenters. The van der Waals surface area contributed by atoms with Gasteiger partial charge < -0.3 is 15.0 Å². The van der Waals surface area contributed by atoms with Crippen LogP contribution in [0.4, 0.5) is 19.3 Å². The maximum atomic E-state index is 12.3. The molecule has 0 atom stereocenters. The van der Waals surface area contributed by atoms with E-state index in [2.05, 4.69) is 5.32 Å². The second-order valence-electron chi connectivity index (χ2n) is 5.49. The number of piperazine rings is 1. The Kier molecular flexibility index (Phi) is 6.58. The molecule has 0 aliphatic carbocycles. The number of hydrogen-bond donors (Lipinski definition) is 1. The summed E-state index contributed by atoms with van der Waals surface area (Å²) in [5.41, 5.74) is 0.665. The van der Waals surface area contributed by atoms with Crippen molar-refractivity contribution in [2.75, 3.05) is 44.6 Å². The van der Waals surface area contributed by atoms with Crippen molar-refractivity contribution in [3.63, 3.8) is 0 Å². The van der Waals surface area contributed by atoms with Crippen LogP contribution >= 0.6 is 0 Å². The van der Waals surface area contributed by atoms with Crippen molar-refractivity contribution in [1.29, 1.82) is 0 Å². The van der Waals surface area contributed by atoms with Gasteiger partial charge in [-0.15, -0.1) is 0 Å². The van der Waals surface area contributed by atoms with Gasteiger partial charge in [0.1, 0.15) is 5.75 Å². The first kappa shape index (κ1) is 17.5. The number of rotatable bonds is 6. The van der Waals surface area contributed by atoms with Crippen LogP contribution < -0.4 is 10.1 Å². The predicted octanol–water partition coefficient (Wildman–Crippen LogP) is 2.89. The maximum absolute atomic E-state index is 12.3. The van der Waals surface area contributed by atoms with E-state index in [1.54, 1.807) is 21.9 Å². The Morgan fingerprint density at radius 1 is 1.30 bits per heavy atom. The highest BCUT2D eigenvalue weighted by molar-refractivity contribution is 5.89. The Morgan fingerprint density at radius 3 is 2.70 bits per heavy atom. The number of nitrogens with zero attached hydrogens (tertiary/aromatic N) is 2. The number of urea groups is 1. The molecule has 128 valence electrons. The SMILES string of the molecule is CCCOc1cccc(NC(=O)N2CCN(CC(F)F)CC2)c1. The van der Waals surface area contributed by atoms with Crippen LogP contribution in [-0.2, 0) is 0 Å². The second kappa shape index (κ2) is 8.67. The summed E-state index contributed by atoms with van der Waals surface area (Å²) in [4.78, 5) is 15.5. The predicted molar refractivity (Wildman–Crippen MR) is 85.3 cm³/mol. The number of hydrogen-bond acceptors (Lipinski definition) is 3. The summed E-state index contributed by atoms with van der Waals surface area (Å²) in [6.45, 7) is 4.26. The van der Waals surface area contributed by atoms with Crippen molar-refractivity contribution in [3.05, 3.63) is 24.3 Å². The summed E-state index contributed by atoms with van der Waals surface area (Å²) < 4.78 is 30.2. The third-order valence-corrected chi connectivity index (χ3v) is 3.61. The zero-order chi connectivity index (χ0) is 16.7. The average molecular weight is 327 g/mol. The van der Waals surface area contributed by atoms with Gasteiger partial charge in [0.15, 0.2) is 0 Å². The van der Waals surface area contributed by atoms with Gasteiger partial charge in [-0.2, -0.15) is 0 Å². The molecule has 1 aromatic carbocycles. The van der Waals surface area contributed by atoms with Gasteiger partial charge in [-0.25, -0.2) is 13.6 Å². The lowest BCUT2D eigenvalue weighted by Crippen LogP contribution is -2.50. The van der Waals surface area contributed by atoms with E-state index < -0.39 is 6.43 Å². The van der Waals surface area contributed by atoms with Crippen LogP contribution in [0.25, 0.3) is 0 Å². The van der Waals surface area contributed by atoms with E-state index in [1.165, 1.54) is 0 Å². The zero-order valence-corrected chi connectivity index (χ0v) is 13.3. The lowest BCUT2D eigenvalue weighted by molar-refractivity contribution is 0.0651. The molecule has 5 nitrogen and oxygen atoms in total. The highest BCUT2D eigenvalue weighted by atomic mass is 19.3. The lowest BCUT2D eigenvalue weighted by atomic mass is 10.3. The quantitative estimate of drug-likeness (QED) is 0.874. The minimum Gasteiger partial charge on any atom is -0.494 e. The van der Waals surface area contributed by atoms with Crippen molar-refractivity contribution in [1.82, 2.24) is 9.80 Å². The zero-order valence-electron chi connectivity index (χ0n) is 13.3. The van der Waals surface area contributed by atoms with Crippen molar-refractivity contribution in [2.45, 2.75) is 19.8 Å². The number of alkyl halides is 2. The number of nitrogens with one attached hydrogen (secondary N) is 1. The van der Waals surface area contributed by atoms with E-state index in [0.29, 0.717) is 44.2 Å². The smallest absolute Gasteiger partial charge is 0.321 e. The third kappa shape index (κ3) is 5.67. The van der Waals surface area contributed by atoms with Crippen LogP contribution in [0.3, 0.4) is 0 Å². The van der Waals surface area contributed by atoms with Crippen LogP contribution in [0, 0.1) is 0 Å². The van der Waals surface area contributed by atoms with E-state index in [0.717, 1.165) is 6.42 Å². The summed E-state index contributed by atoms with van der Waals surface area (Å²) in [5.74, 6) is 0.714. The molecular weight excluding hydrogens is 304 g/mol. The minimum atomic E-state index is -2.33. The van der Waals surface area contributed by atoms with E-state index in [1.807, 2.05) is 19.1 Å². The van der Waals surface area contributed by atoms with Gasteiger partial charge in [-0.3, -0.25) is 4.90 Å². The Bertz CT molecular complexity index is 506. The van der Waals surface area contributed by atoms with Gasteiger partial charge >= 0.3 is 6.03 Å². The van der Waals surface area contributed by atoms with Gasteiger partial charge in [0, 0.05) is 37.9 Å². The Hall–Kier alpha value is -1.89. The molecule has 0 radical (unpaired) electrons. The molecule has 0 saturated carbocycles. The highest BCUT2D eigenvalue weighted by Crippen LogP contribution is 2.18. The average Bonchev–Trinajstić information content (AvgIpc) is 2.53. The van der Waals surface area contributed by atoms with Gasteiger partial charge in [0.25, 0.3) is 6.43 Å². The molecular formula is C16H23F2N3O2. The number of halogens is 2. The molecule has 1 aliphatic rings. The number of ether oxygens (including phenoxy) is 1. The summed E-state index contributed by atoms with van der Waals surface area (Å²) in [5, 5.41) is 2.82. The summed E-state index contributed by atoms with van der Waals surface area (Å²) in [6, 6.07) is 7.02. The Morgan fingerprint density at radius 2 is 2.04 bits per heavy atom. The summed E-state index contributed by atoms with van der Waals surface area (Å²) in [7, 11) is 0.